The van der Waals surface area contributed by atoms with E-state index in [4.69, 9.17) is 17.2 Å². The van der Waals surface area contributed by atoms with Crippen LogP contribution >= 0.6 is 12.6 Å². The number of carbonyl (C=O) groups excluding carboxylic acids is 3. The molecule has 0 saturated carbocycles. The first-order valence-corrected chi connectivity index (χ1v) is 14.4. The van der Waals surface area contributed by atoms with Gasteiger partial charge in [-0.25, -0.2) is 4.79 Å². The van der Waals surface area contributed by atoms with Crippen molar-refractivity contribution < 1.29 is 24.3 Å². The molecule has 14 heteroatoms. The number of aromatic amines is 1. The topological polar surface area (TPSA) is 231 Å². The van der Waals surface area contributed by atoms with Gasteiger partial charge in [0.05, 0.1) is 6.04 Å². The molecule has 0 spiro atoms. The molecule has 13 nitrogen and oxygen atoms in total. The van der Waals surface area contributed by atoms with Crippen molar-refractivity contribution in [2.75, 3.05) is 12.3 Å². The minimum absolute atomic E-state index is 0.0511. The lowest BCUT2D eigenvalue weighted by Crippen LogP contribution is -2.58. The molecular formula is C29H38N8O5S. The Kier molecular flexibility index (Phi) is 12.4. The number of thiol groups is 1. The van der Waals surface area contributed by atoms with E-state index in [-0.39, 0.29) is 31.0 Å². The van der Waals surface area contributed by atoms with Gasteiger partial charge in [0.15, 0.2) is 5.96 Å². The van der Waals surface area contributed by atoms with E-state index in [0.717, 1.165) is 22.0 Å². The Balaban J connectivity index is 1.73. The van der Waals surface area contributed by atoms with E-state index in [1.165, 1.54) is 0 Å². The van der Waals surface area contributed by atoms with Crippen molar-refractivity contribution in [2.24, 2.45) is 22.2 Å². The first-order chi connectivity index (χ1) is 20.6. The van der Waals surface area contributed by atoms with Gasteiger partial charge in [0.2, 0.25) is 17.7 Å². The van der Waals surface area contributed by atoms with Gasteiger partial charge in [0.1, 0.15) is 18.1 Å². The number of hydrogen-bond donors (Lipinski definition) is 9. The van der Waals surface area contributed by atoms with E-state index in [2.05, 4.69) is 38.6 Å². The zero-order valence-corrected chi connectivity index (χ0v) is 24.4. The molecule has 4 unspecified atom stereocenters. The number of carbonyl (C=O) groups is 4. The molecule has 0 aliphatic rings. The van der Waals surface area contributed by atoms with Crippen LogP contribution in [0.3, 0.4) is 0 Å². The molecule has 3 amide bonds. The second-order valence-corrected chi connectivity index (χ2v) is 10.4. The number of H-pyrrole nitrogens is 1. The van der Waals surface area contributed by atoms with Crippen LogP contribution < -0.4 is 33.2 Å². The van der Waals surface area contributed by atoms with Crippen molar-refractivity contribution in [3.05, 3.63) is 71.9 Å². The molecule has 0 saturated heterocycles. The molecule has 0 aliphatic heterocycles. The van der Waals surface area contributed by atoms with Crippen LogP contribution in [0, 0.1) is 0 Å². The number of rotatable bonds is 16. The zero-order valence-electron chi connectivity index (χ0n) is 23.5. The fourth-order valence-corrected chi connectivity index (χ4v) is 4.70. The van der Waals surface area contributed by atoms with Crippen LogP contribution in [-0.2, 0) is 32.0 Å². The van der Waals surface area contributed by atoms with Crippen molar-refractivity contribution >= 4 is 53.2 Å². The van der Waals surface area contributed by atoms with Crippen LogP contribution in [0.4, 0.5) is 0 Å². The maximum Gasteiger partial charge on any atom is 0.326 e. The minimum Gasteiger partial charge on any atom is -0.480 e. The van der Waals surface area contributed by atoms with Gasteiger partial charge in [-0.15, -0.1) is 0 Å². The fourth-order valence-electron chi connectivity index (χ4n) is 4.45. The number of nitrogens with zero attached hydrogens (tertiary/aromatic N) is 1. The number of aromatic nitrogens is 1. The third-order valence-corrected chi connectivity index (χ3v) is 7.11. The summed E-state index contributed by atoms with van der Waals surface area (Å²) < 4.78 is 0. The largest absolute Gasteiger partial charge is 0.480 e. The van der Waals surface area contributed by atoms with E-state index in [9.17, 15) is 24.3 Å². The van der Waals surface area contributed by atoms with Gasteiger partial charge in [-0.1, -0.05) is 48.5 Å². The molecule has 4 atom stereocenters. The number of aliphatic imine (C=N–C) groups is 1. The highest BCUT2D eigenvalue weighted by atomic mass is 32.1. The first kappa shape index (κ1) is 32.9. The smallest absolute Gasteiger partial charge is 0.326 e. The highest BCUT2D eigenvalue weighted by Gasteiger charge is 2.30. The lowest BCUT2D eigenvalue weighted by atomic mass is 10.0. The number of nitrogens with two attached hydrogens (primary N) is 3. The maximum absolute atomic E-state index is 13.5. The molecule has 1 aromatic heterocycles. The van der Waals surface area contributed by atoms with Gasteiger partial charge in [-0.2, -0.15) is 12.6 Å². The summed E-state index contributed by atoms with van der Waals surface area (Å²) in [6.07, 6.45) is 2.60. The highest BCUT2D eigenvalue weighted by molar-refractivity contribution is 7.80. The van der Waals surface area contributed by atoms with Gasteiger partial charge >= 0.3 is 5.97 Å². The number of carboxylic acids is 1. The van der Waals surface area contributed by atoms with Crippen molar-refractivity contribution in [3.63, 3.8) is 0 Å². The van der Waals surface area contributed by atoms with Gasteiger partial charge in [-0.3, -0.25) is 19.4 Å². The van der Waals surface area contributed by atoms with Crippen molar-refractivity contribution in [2.45, 2.75) is 49.9 Å². The fraction of sp³-hybridized carbons (Fsp3) is 0.345. The first-order valence-electron chi connectivity index (χ1n) is 13.7. The zero-order chi connectivity index (χ0) is 31.4. The summed E-state index contributed by atoms with van der Waals surface area (Å²) in [6, 6.07) is 11.9. The molecule has 230 valence electrons. The molecule has 0 bridgehead atoms. The number of para-hydroxylation sites is 1. The van der Waals surface area contributed by atoms with Crippen molar-refractivity contribution in [1.82, 2.24) is 20.9 Å². The number of aliphatic carboxylic acids is 1. The summed E-state index contributed by atoms with van der Waals surface area (Å²) in [6.45, 7) is 0.295. The van der Waals surface area contributed by atoms with Crippen molar-refractivity contribution in [3.8, 4) is 0 Å². The number of nitrogens with one attached hydrogen (secondary N) is 4. The Hall–Kier alpha value is -4.56. The molecule has 43 heavy (non-hydrogen) atoms. The van der Waals surface area contributed by atoms with Gasteiger partial charge in [0, 0.05) is 42.2 Å². The molecule has 2 aromatic carbocycles. The number of guanidine groups is 1. The second kappa shape index (κ2) is 16.2. The molecule has 0 fully saturated rings. The maximum atomic E-state index is 13.5. The van der Waals surface area contributed by atoms with Crippen LogP contribution in [0.2, 0.25) is 0 Å². The third kappa shape index (κ3) is 10.0. The van der Waals surface area contributed by atoms with E-state index < -0.39 is 47.9 Å². The van der Waals surface area contributed by atoms with Crippen LogP contribution in [0.25, 0.3) is 10.9 Å². The van der Waals surface area contributed by atoms with E-state index >= 15 is 0 Å². The molecule has 3 aromatic rings. The summed E-state index contributed by atoms with van der Waals surface area (Å²) in [5.74, 6) is -3.35. The second-order valence-electron chi connectivity index (χ2n) is 10.0. The minimum atomic E-state index is -1.23. The van der Waals surface area contributed by atoms with E-state index in [0.29, 0.717) is 13.0 Å². The Labute approximate surface area is 254 Å². The number of amides is 3. The Morgan fingerprint density at radius 3 is 2.16 bits per heavy atom. The van der Waals surface area contributed by atoms with E-state index in [1.807, 2.05) is 24.3 Å². The predicted octanol–water partition coefficient (Wildman–Crippen LogP) is -0.197. The number of carboxylic acid groups (broad SMARTS) is 1. The lowest BCUT2D eigenvalue weighted by molar-refractivity contribution is -0.142. The molecule has 3 rings (SSSR count). The predicted molar refractivity (Wildman–Crippen MR) is 167 cm³/mol. The van der Waals surface area contributed by atoms with Gasteiger partial charge in [-0.05, 0) is 30.0 Å². The Morgan fingerprint density at radius 2 is 1.49 bits per heavy atom. The van der Waals surface area contributed by atoms with Crippen LogP contribution in [0.1, 0.15) is 24.0 Å². The summed E-state index contributed by atoms with van der Waals surface area (Å²) >= 11 is 4.21. The summed E-state index contributed by atoms with van der Waals surface area (Å²) in [7, 11) is 0. The number of fused-ring (bicyclic) bond motifs is 1. The molecule has 0 aliphatic carbocycles. The summed E-state index contributed by atoms with van der Waals surface area (Å²) in [5.41, 5.74) is 19.1. The van der Waals surface area contributed by atoms with Crippen molar-refractivity contribution in [1.29, 1.82) is 0 Å². The van der Waals surface area contributed by atoms with E-state index in [1.54, 1.807) is 36.5 Å². The number of hydrogen-bond acceptors (Lipinski definition) is 7. The normalized spacial score (nSPS) is 13.7. The lowest BCUT2D eigenvalue weighted by Gasteiger charge is -2.24. The molecular weight excluding hydrogens is 572 g/mol. The Morgan fingerprint density at radius 1 is 0.860 bits per heavy atom. The van der Waals surface area contributed by atoms with Crippen LogP contribution in [-0.4, -0.2) is 76.2 Å². The summed E-state index contributed by atoms with van der Waals surface area (Å²) in [4.78, 5) is 58.5. The molecule has 11 N–H and O–H groups in total. The quantitative estimate of drug-likeness (QED) is 0.0455. The average molecular weight is 611 g/mol. The number of benzene rings is 2. The highest BCUT2D eigenvalue weighted by Crippen LogP contribution is 2.19. The van der Waals surface area contributed by atoms with Crippen LogP contribution in [0.15, 0.2) is 65.8 Å². The third-order valence-electron chi connectivity index (χ3n) is 6.75. The SMILES string of the molecule is NC(N)=NCCCC(N)C(=O)NC(Cc1c[nH]c2ccccc12)C(=O)NC(CS)C(=O)NC(Cc1ccccc1)C(=O)O. The molecule has 1 heterocycles. The van der Waals surface area contributed by atoms with Crippen LogP contribution in [0.5, 0.6) is 0 Å². The Bertz CT molecular complexity index is 1430. The standard InChI is InChI=1S/C29H38N8O5S/c30-20(10-6-12-33-29(31)32)25(38)35-22(14-18-15-34-21-11-5-4-9-19(18)21)26(39)37-24(16-43)27(40)36-23(28(41)42)13-17-7-2-1-3-8-17/h1-5,7-9,11,15,20,22-24,34,43H,6,10,12-14,16,30H2,(H,35,38)(H,36,40)(H,37,39)(H,41,42)(H4,31,32,33). The molecule has 0 radical (unpaired) electrons. The van der Waals surface area contributed by atoms with Gasteiger partial charge in [0.25, 0.3) is 0 Å². The monoisotopic (exact) mass is 610 g/mol. The summed E-state index contributed by atoms with van der Waals surface area (Å²) in [5, 5.41) is 18.4. The average Bonchev–Trinajstić information content (AvgIpc) is 3.40. The van der Waals surface area contributed by atoms with Gasteiger partial charge < -0.3 is 43.2 Å².